The van der Waals surface area contributed by atoms with Crippen LogP contribution < -0.4 is 0 Å². The third-order valence-electron chi connectivity index (χ3n) is 6.48. The van der Waals surface area contributed by atoms with E-state index in [1.54, 1.807) is 0 Å². The molecule has 2 atom stereocenters. The Morgan fingerprint density at radius 1 is 1.26 bits per heavy atom. The highest BCUT2D eigenvalue weighted by Gasteiger charge is 2.50. The Morgan fingerprint density at radius 2 is 2.00 bits per heavy atom. The van der Waals surface area contributed by atoms with Crippen LogP contribution in [0.4, 0.5) is 0 Å². The van der Waals surface area contributed by atoms with Crippen molar-refractivity contribution in [1.29, 1.82) is 0 Å². The summed E-state index contributed by atoms with van der Waals surface area (Å²) in [5.74, 6) is 0.855. The quantitative estimate of drug-likeness (QED) is 0.793. The van der Waals surface area contributed by atoms with E-state index >= 15 is 0 Å². The first-order chi connectivity index (χ1) is 12.8. The fraction of sp³-hybridized carbons (Fsp3) is 0.652. The molecule has 0 aliphatic carbocycles. The molecule has 0 radical (unpaired) electrons. The summed E-state index contributed by atoms with van der Waals surface area (Å²) in [6.07, 6.45) is 5.03. The first-order valence-corrected chi connectivity index (χ1v) is 10.5. The summed E-state index contributed by atoms with van der Waals surface area (Å²) in [5, 5.41) is 0. The molecule has 0 unspecified atom stereocenters. The molecule has 0 spiro atoms. The number of rotatable bonds is 4. The normalized spacial score (nSPS) is 26.1. The van der Waals surface area contributed by atoms with E-state index in [9.17, 15) is 9.59 Å². The highest BCUT2D eigenvalue weighted by Crippen LogP contribution is 2.40. The minimum Gasteiger partial charge on any atom is -0.337 e. The van der Waals surface area contributed by atoms with E-state index in [4.69, 9.17) is 0 Å². The Hall–Kier alpha value is -1.84. The lowest BCUT2D eigenvalue weighted by molar-refractivity contribution is -0.144. The smallest absolute Gasteiger partial charge is 0.223 e. The summed E-state index contributed by atoms with van der Waals surface area (Å²) < 4.78 is 0. The lowest BCUT2D eigenvalue weighted by Gasteiger charge is -2.46. The van der Waals surface area contributed by atoms with Crippen LogP contribution in [-0.4, -0.2) is 39.7 Å². The summed E-state index contributed by atoms with van der Waals surface area (Å²) in [5.41, 5.74) is 2.16. The Bertz CT molecular complexity index is 699. The summed E-state index contributed by atoms with van der Waals surface area (Å²) >= 11 is 0. The topological polar surface area (TPSA) is 40.6 Å². The molecule has 1 aromatic rings. The largest absolute Gasteiger partial charge is 0.337 e. The summed E-state index contributed by atoms with van der Waals surface area (Å²) in [6, 6.07) is 8.45. The molecule has 3 rings (SSSR count). The van der Waals surface area contributed by atoms with Crippen LogP contribution in [0, 0.1) is 12.8 Å². The van der Waals surface area contributed by atoms with Crippen molar-refractivity contribution in [1.82, 2.24) is 9.80 Å². The van der Waals surface area contributed by atoms with Crippen molar-refractivity contribution in [3.05, 3.63) is 35.4 Å². The molecule has 0 aromatic heterocycles. The number of amides is 2. The van der Waals surface area contributed by atoms with Crippen LogP contribution >= 0.6 is 0 Å². The minimum absolute atomic E-state index is 0.136. The molecule has 2 saturated heterocycles. The Balaban J connectivity index is 1.91. The zero-order valence-corrected chi connectivity index (χ0v) is 17.3. The van der Waals surface area contributed by atoms with Gasteiger partial charge in [-0.2, -0.15) is 0 Å². The van der Waals surface area contributed by atoms with Gasteiger partial charge in [-0.15, -0.1) is 0 Å². The summed E-state index contributed by atoms with van der Waals surface area (Å²) in [4.78, 5) is 30.2. The maximum absolute atomic E-state index is 13.1. The average molecular weight is 371 g/mol. The van der Waals surface area contributed by atoms with Gasteiger partial charge in [-0.05, 0) is 50.2 Å². The van der Waals surface area contributed by atoms with Gasteiger partial charge >= 0.3 is 0 Å². The molecular formula is C23H34N2O2. The van der Waals surface area contributed by atoms with Crippen LogP contribution in [0.1, 0.15) is 70.4 Å². The fourth-order valence-corrected chi connectivity index (χ4v) is 4.81. The van der Waals surface area contributed by atoms with Crippen LogP contribution in [0.3, 0.4) is 0 Å². The third-order valence-corrected chi connectivity index (χ3v) is 6.48. The Labute approximate surface area is 163 Å². The first-order valence-electron chi connectivity index (χ1n) is 10.5. The van der Waals surface area contributed by atoms with Gasteiger partial charge in [0.25, 0.3) is 0 Å². The molecule has 1 aromatic carbocycles. The second kappa shape index (κ2) is 8.04. The number of carbonyl (C=O) groups is 2. The van der Waals surface area contributed by atoms with Crippen LogP contribution in [0.25, 0.3) is 0 Å². The SMILES string of the molecule is Cc1ccccc1CN1C(=O)CCCC[C@H]2N(C(=O)CC(C)C)CC[C@]21C. The molecule has 4 heteroatoms. The highest BCUT2D eigenvalue weighted by atomic mass is 16.2. The molecule has 2 heterocycles. The molecule has 2 fully saturated rings. The van der Waals surface area contributed by atoms with E-state index in [-0.39, 0.29) is 23.4 Å². The average Bonchev–Trinajstić information content (AvgIpc) is 2.93. The third kappa shape index (κ3) is 4.04. The van der Waals surface area contributed by atoms with Gasteiger partial charge < -0.3 is 9.80 Å². The highest BCUT2D eigenvalue weighted by molar-refractivity contribution is 5.79. The molecule has 0 N–H and O–H groups in total. The minimum atomic E-state index is -0.271. The number of fused-ring (bicyclic) bond motifs is 1. The van der Waals surface area contributed by atoms with Gasteiger partial charge in [0.05, 0.1) is 11.6 Å². The number of nitrogens with zero attached hydrogens (tertiary/aromatic N) is 2. The standard InChI is InChI=1S/C23H34N2O2/c1-17(2)15-22(27)24-14-13-23(4)20(24)11-7-8-12-21(26)25(23)16-19-10-6-5-9-18(19)3/h5-6,9-10,17,20H,7-8,11-16H2,1-4H3/t20-,23-/m1/s1. The van der Waals surface area contributed by atoms with E-state index < -0.39 is 0 Å². The molecule has 0 bridgehead atoms. The van der Waals surface area contributed by atoms with Crippen molar-refractivity contribution >= 4 is 11.8 Å². The van der Waals surface area contributed by atoms with Gasteiger partial charge in [0, 0.05) is 25.9 Å². The number of carbonyl (C=O) groups excluding carboxylic acids is 2. The van der Waals surface area contributed by atoms with Gasteiger partial charge in [-0.25, -0.2) is 0 Å². The Kier molecular flexibility index (Phi) is 5.92. The van der Waals surface area contributed by atoms with Crippen molar-refractivity contribution in [2.45, 2.75) is 84.3 Å². The summed E-state index contributed by atoms with van der Waals surface area (Å²) in [6.45, 7) is 9.92. The van der Waals surface area contributed by atoms with Gasteiger partial charge in [0.15, 0.2) is 0 Å². The van der Waals surface area contributed by atoms with E-state index in [1.165, 1.54) is 11.1 Å². The monoisotopic (exact) mass is 370 g/mol. The molecule has 2 aliphatic rings. The lowest BCUT2D eigenvalue weighted by Crippen LogP contribution is -2.58. The molecule has 2 aliphatic heterocycles. The van der Waals surface area contributed by atoms with Crippen molar-refractivity contribution in [3.63, 3.8) is 0 Å². The second-order valence-corrected chi connectivity index (χ2v) is 8.96. The summed E-state index contributed by atoms with van der Waals surface area (Å²) in [7, 11) is 0. The number of aryl methyl sites for hydroxylation is 1. The second-order valence-electron chi connectivity index (χ2n) is 8.96. The predicted molar refractivity (Wildman–Crippen MR) is 108 cm³/mol. The number of hydrogen-bond donors (Lipinski definition) is 0. The van der Waals surface area contributed by atoms with Crippen LogP contribution in [0.5, 0.6) is 0 Å². The van der Waals surface area contributed by atoms with Gasteiger partial charge in [0.1, 0.15) is 0 Å². The predicted octanol–water partition coefficient (Wildman–Crippen LogP) is 4.30. The van der Waals surface area contributed by atoms with Gasteiger partial charge in [-0.1, -0.05) is 44.5 Å². The molecule has 148 valence electrons. The maximum atomic E-state index is 13.1. The zero-order valence-electron chi connectivity index (χ0n) is 17.3. The maximum Gasteiger partial charge on any atom is 0.223 e. The molecule has 27 heavy (non-hydrogen) atoms. The Morgan fingerprint density at radius 3 is 2.70 bits per heavy atom. The van der Waals surface area contributed by atoms with Gasteiger partial charge in [-0.3, -0.25) is 9.59 Å². The van der Waals surface area contributed by atoms with Crippen LogP contribution in [-0.2, 0) is 16.1 Å². The number of benzene rings is 1. The van der Waals surface area contributed by atoms with Crippen molar-refractivity contribution in [2.75, 3.05) is 6.54 Å². The van der Waals surface area contributed by atoms with E-state index in [0.717, 1.165) is 32.2 Å². The van der Waals surface area contributed by atoms with E-state index in [2.05, 4.69) is 49.6 Å². The molecule has 2 amide bonds. The van der Waals surface area contributed by atoms with Crippen molar-refractivity contribution < 1.29 is 9.59 Å². The van der Waals surface area contributed by atoms with E-state index in [1.807, 2.05) is 12.1 Å². The van der Waals surface area contributed by atoms with Gasteiger partial charge in [0.2, 0.25) is 11.8 Å². The lowest BCUT2D eigenvalue weighted by atomic mass is 9.84. The van der Waals surface area contributed by atoms with E-state index in [0.29, 0.717) is 25.3 Å². The first kappa shape index (κ1) is 19.9. The number of likely N-dealkylation sites (tertiary alicyclic amines) is 2. The molecule has 4 nitrogen and oxygen atoms in total. The molecular weight excluding hydrogens is 336 g/mol. The zero-order chi connectivity index (χ0) is 19.6. The van der Waals surface area contributed by atoms with Crippen LogP contribution in [0.2, 0.25) is 0 Å². The number of hydrogen-bond acceptors (Lipinski definition) is 2. The van der Waals surface area contributed by atoms with Crippen LogP contribution in [0.15, 0.2) is 24.3 Å². The van der Waals surface area contributed by atoms with Crippen molar-refractivity contribution in [3.8, 4) is 0 Å². The van der Waals surface area contributed by atoms with Crippen molar-refractivity contribution in [2.24, 2.45) is 5.92 Å². The molecule has 0 saturated carbocycles. The fourth-order valence-electron chi connectivity index (χ4n) is 4.81.